The molecule has 3 N–H and O–H groups in total. The van der Waals surface area contributed by atoms with Crippen LogP contribution in [0.3, 0.4) is 0 Å². The van der Waals surface area contributed by atoms with Crippen LogP contribution in [-0.2, 0) is 11.3 Å². The Bertz CT molecular complexity index is 403. The van der Waals surface area contributed by atoms with Gasteiger partial charge in [0.1, 0.15) is 0 Å². The van der Waals surface area contributed by atoms with E-state index in [9.17, 15) is 4.79 Å². The zero-order valence-corrected chi connectivity index (χ0v) is 11.3. The summed E-state index contributed by atoms with van der Waals surface area (Å²) >= 11 is 0. The average molecular weight is 250 g/mol. The number of hydrogen-bond acceptors (Lipinski definition) is 3. The molecular formula is C14H22N2O2. The molecule has 0 saturated carbocycles. The summed E-state index contributed by atoms with van der Waals surface area (Å²) in [4.78, 5) is 11.1. The van der Waals surface area contributed by atoms with Crippen molar-refractivity contribution in [1.82, 2.24) is 5.32 Å². The molecule has 1 amide bonds. The van der Waals surface area contributed by atoms with Crippen LogP contribution in [0, 0.1) is 0 Å². The summed E-state index contributed by atoms with van der Waals surface area (Å²) in [6, 6.07) is 7.33. The quantitative estimate of drug-likeness (QED) is 0.774. The number of hydrogen-bond donors (Lipinski definition) is 2. The van der Waals surface area contributed by atoms with E-state index < -0.39 is 5.91 Å². The van der Waals surface area contributed by atoms with Crippen LogP contribution in [0.5, 0.6) is 0 Å². The topological polar surface area (TPSA) is 64.3 Å². The molecule has 0 aliphatic carbocycles. The maximum absolute atomic E-state index is 11.1. The van der Waals surface area contributed by atoms with Gasteiger partial charge in [0.15, 0.2) is 0 Å². The van der Waals surface area contributed by atoms with E-state index in [-0.39, 0.29) is 5.60 Å². The lowest BCUT2D eigenvalue weighted by molar-refractivity contribution is -0.00897. The first-order chi connectivity index (χ1) is 8.44. The van der Waals surface area contributed by atoms with Crippen LogP contribution in [0.1, 0.15) is 36.7 Å². The van der Waals surface area contributed by atoms with Crippen molar-refractivity contribution in [3.8, 4) is 0 Å². The SMILES string of the molecule is CCOC(C)(C)CNCc1cccc(C(N)=O)c1. The molecule has 1 aromatic carbocycles. The Hall–Kier alpha value is -1.39. The first kappa shape index (κ1) is 14.7. The van der Waals surface area contributed by atoms with Crippen molar-refractivity contribution >= 4 is 5.91 Å². The molecule has 0 fully saturated rings. The number of amides is 1. The maximum Gasteiger partial charge on any atom is 0.248 e. The van der Waals surface area contributed by atoms with E-state index in [1.54, 1.807) is 6.07 Å². The van der Waals surface area contributed by atoms with Crippen molar-refractivity contribution < 1.29 is 9.53 Å². The van der Waals surface area contributed by atoms with E-state index in [2.05, 4.69) is 5.32 Å². The van der Waals surface area contributed by atoms with E-state index in [0.29, 0.717) is 18.7 Å². The summed E-state index contributed by atoms with van der Waals surface area (Å²) in [5, 5.41) is 3.32. The van der Waals surface area contributed by atoms with Crippen molar-refractivity contribution in [3.05, 3.63) is 35.4 Å². The average Bonchev–Trinajstić information content (AvgIpc) is 2.29. The molecule has 0 unspecified atom stereocenters. The lowest BCUT2D eigenvalue weighted by Crippen LogP contribution is -2.37. The fourth-order valence-electron chi connectivity index (χ4n) is 1.78. The van der Waals surface area contributed by atoms with Gasteiger partial charge in [-0.2, -0.15) is 0 Å². The molecule has 4 heteroatoms. The molecule has 1 rings (SSSR count). The minimum atomic E-state index is -0.397. The van der Waals surface area contributed by atoms with E-state index in [1.807, 2.05) is 39.0 Å². The summed E-state index contributed by atoms with van der Waals surface area (Å²) in [5.74, 6) is -0.397. The number of rotatable bonds is 7. The van der Waals surface area contributed by atoms with E-state index in [1.165, 1.54) is 0 Å². The first-order valence-electron chi connectivity index (χ1n) is 6.18. The molecule has 100 valence electrons. The number of carbonyl (C=O) groups is 1. The minimum Gasteiger partial charge on any atom is -0.375 e. The third kappa shape index (κ3) is 4.85. The van der Waals surface area contributed by atoms with Gasteiger partial charge in [0.05, 0.1) is 5.60 Å². The number of carbonyl (C=O) groups excluding carboxylic acids is 1. The molecule has 0 aliphatic rings. The molecule has 1 aromatic rings. The molecule has 0 heterocycles. The molecule has 4 nitrogen and oxygen atoms in total. The summed E-state index contributed by atoms with van der Waals surface area (Å²) in [7, 11) is 0. The maximum atomic E-state index is 11.1. The lowest BCUT2D eigenvalue weighted by Gasteiger charge is -2.25. The molecule has 0 bridgehead atoms. The molecule has 0 saturated heterocycles. The van der Waals surface area contributed by atoms with E-state index in [0.717, 1.165) is 12.1 Å². The van der Waals surface area contributed by atoms with Crippen molar-refractivity contribution in [1.29, 1.82) is 0 Å². The number of ether oxygens (including phenoxy) is 1. The van der Waals surface area contributed by atoms with Gasteiger partial charge in [-0.25, -0.2) is 0 Å². The number of primary amides is 1. The normalized spacial score (nSPS) is 11.5. The molecule has 0 aromatic heterocycles. The Kier molecular flexibility index (Phi) is 5.31. The van der Waals surface area contributed by atoms with Crippen LogP contribution in [0.15, 0.2) is 24.3 Å². The third-order valence-corrected chi connectivity index (χ3v) is 2.63. The van der Waals surface area contributed by atoms with Gasteiger partial charge in [-0.3, -0.25) is 4.79 Å². The standard InChI is InChI=1S/C14H22N2O2/c1-4-18-14(2,3)10-16-9-11-6-5-7-12(8-11)13(15)17/h5-8,16H,4,9-10H2,1-3H3,(H2,15,17). The zero-order chi connectivity index (χ0) is 13.6. The summed E-state index contributed by atoms with van der Waals surface area (Å²) in [6.45, 7) is 8.22. The van der Waals surface area contributed by atoms with Gasteiger partial charge in [0, 0.05) is 25.3 Å². The molecule has 0 spiro atoms. The summed E-state index contributed by atoms with van der Waals surface area (Å²) in [5.41, 5.74) is 6.64. The van der Waals surface area contributed by atoms with Gasteiger partial charge in [-0.1, -0.05) is 12.1 Å². The zero-order valence-electron chi connectivity index (χ0n) is 11.3. The predicted molar refractivity (Wildman–Crippen MR) is 72.4 cm³/mol. The highest BCUT2D eigenvalue weighted by molar-refractivity contribution is 5.92. The highest BCUT2D eigenvalue weighted by atomic mass is 16.5. The second-order valence-electron chi connectivity index (χ2n) is 4.86. The molecule has 18 heavy (non-hydrogen) atoms. The van der Waals surface area contributed by atoms with Crippen LogP contribution in [0.25, 0.3) is 0 Å². The second-order valence-corrected chi connectivity index (χ2v) is 4.86. The number of nitrogens with one attached hydrogen (secondary N) is 1. The van der Waals surface area contributed by atoms with E-state index >= 15 is 0 Å². The van der Waals surface area contributed by atoms with Crippen LogP contribution in [-0.4, -0.2) is 24.7 Å². The van der Waals surface area contributed by atoms with Crippen LogP contribution < -0.4 is 11.1 Å². The van der Waals surface area contributed by atoms with Crippen molar-refractivity contribution in [2.75, 3.05) is 13.2 Å². The van der Waals surface area contributed by atoms with Crippen LogP contribution >= 0.6 is 0 Å². The van der Waals surface area contributed by atoms with Gasteiger partial charge in [0.25, 0.3) is 0 Å². The first-order valence-corrected chi connectivity index (χ1v) is 6.18. The summed E-state index contributed by atoms with van der Waals surface area (Å²) < 4.78 is 5.59. The monoisotopic (exact) mass is 250 g/mol. The Morgan fingerprint density at radius 3 is 2.78 bits per heavy atom. The van der Waals surface area contributed by atoms with Gasteiger partial charge in [0.2, 0.25) is 5.91 Å². The second kappa shape index (κ2) is 6.52. The lowest BCUT2D eigenvalue weighted by atomic mass is 10.1. The van der Waals surface area contributed by atoms with Gasteiger partial charge in [-0.05, 0) is 38.5 Å². The Labute approximate surface area is 109 Å². The Morgan fingerprint density at radius 1 is 1.44 bits per heavy atom. The van der Waals surface area contributed by atoms with Crippen LogP contribution in [0.2, 0.25) is 0 Å². The Morgan fingerprint density at radius 2 is 2.17 bits per heavy atom. The van der Waals surface area contributed by atoms with E-state index in [4.69, 9.17) is 10.5 Å². The van der Waals surface area contributed by atoms with Gasteiger partial charge < -0.3 is 15.8 Å². The largest absolute Gasteiger partial charge is 0.375 e. The molecular weight excluding hydrogens is 228 g/mol. The number of nitrogens with two attached hydrogens (primary N) is 1. The highest BCUT2D eigenvalue weighted by Crippen LogP contribution is 2.08. The molecule has 0 aliphatic heterocycles. The highest BCUT2D eigenvalue weighted by Gasteiger charge is 2.16. The van der Waals surface area contributed by atoms with Gasteiger partial charge >= 0.3 is 0 Å². The molecule has 0 atom stereocenters. The minimum absolute atomic E-state index is 0.184. The smallest absolute Gasteiger partial charge is 0.248 e. The molecule has 0 radical (unpaired) electrons. The fourth-order valence-corrected chi connectivity index (χ4v) is 1.78. The summed E-state index contributed by atoms with van der Waals surface area (Å²) in [6.07, 6.45) is 0. The van der Waals surface area contributed by atoms with Crippen molar-refractivity contribution in [3.63, 3.8) is 0 Å². The van der Waals surface area contributed by atoms with Crippen molar-refractivity contribution in [2.45, 2.75) is 32.9 Å². The third-order valence-electron chi connectivity index (χ3n) is 2.63. The van der Waals surface area contributed by atoms with Gasteiger partial charge in [-0.15, -0.1) is 0 Å². The number of benzene rings is 1. The fraction of sp³-hybridized carbons (Fsp3) is 0.500. The Balaban J connectivity index is 2.49. The van der Waals surface area contributed by atoms with Crippen molar-refractivity contribution in [2.24, 2.45) is 5.73 Å². The van der Waals surface area contributed by atoms with Crippen LogP contribution in [0.4, 0.5) is 0 Å². The predicted octanol–water partition coefficient (Wildman–Crippen LogP) is 1.69.